The lowest BCUT2D eigenvalue weighted by Crippen LogP contribution is -2.27. The zero-order valence-electron chi connectivity index (χ0n) is 18.9. The number of rotatable bonds is 5. The molecule has 0 bridgehead atoms. The molecule has 1 saturated carbocycles. The summed E-state index contributed by atoms with van der Waals surface area (Å²) in [6.45, 7) is 3.06. The summed E-state index contributed by atoms with van der Waals surface area (Å²) in [4.78, 5) is 25.1. The van der Waals surface area contributed by atoms with Crippen LogP contribution in [0.1, 0.15) is 41.4 Å². The summed E-state index contributed by atoms with van der Waals surface area (Å²) in [6, 6.07) is 0.959. The molecule has 1 aliphatic carbocycles. The highest BCUT2D eigenvalue weighted by Gasteiger charge is 2.34. The van der Waals surface area contributed by atoms with Gasteiger partial charge in [-0.2, -0.15) is 18.3 Å². The van der Waals surface area contributed by atoms with Crippen LogP contribution >= 0.6 is 0 Å². The van der Waals surface area contributed by atoms with E-state index in [2.05, 4.69) is 25.4 Å². The van der Waals surface area contributed by atoms with E-state index in [9.17, 15) is 26.4 Å². The molecule has 5 rings (SSSR count). The zero-order chi connectivity index (χ0) is 25.3. The molecule has 4 aromatic heterocycles. The Balaban J connectivity index is 1.77. The second-order valence-electron chi connectivity index (χ2n) is 8.38. The first-order valence-electron chi connectivity index (χ1n) is 10.7. The van der Waals surface area contributed by atoms with Gasteiger partial charge in [0.15, 0.2) is 26.2 Å². The standard InChI is InChI=1S/C21H20F3N7O3S/c1-4-35(33,34)20-15(18-28-14-7-11(21(22,23)24)8-25-16(14)30(18)3)17-26-9-13(10(2)31(17)29-20)19(32)27-12-5-6-12/h7-9,12H,4-6H2,1-3H3,(H,27,32). The monoisotopic (exact) mass is 507 g/mol. The molecule has 14 heteroatoms. The summed E-state index contributed by atoms with van der Waals surface area (Å²) in [5, 5.41) is 6.80. The van der Waals surface area contributed by atoms with E-state index in [1.54, 1.807) is 6.92 Å². The van der Waals surface area contributed by atoms with Crippen molar-refractivity contribution in [2.75, 3.05) is 5.75 Å². The number of imidazole rings is 1. The van der Waals surface area contributed by atoms with E-state index in [-0.39, 0.29) is 56.5 Å². The third-order valence-corrected chi connectivity index (χ3v) is 7.58. The normalized spacial score (nSPS) is 14.7. The molecule has 4 heterocycles. The van der Waals surface area contributed by atoms with Crippen LogP contribution in [0, 0.1) is 6.92 Å². The Kier molecular flexibility index (Phi) is 5.12. The van der Waals surface area contributed by atoms with Crippen molar-refractivity contribution < 1.29 is 26.4 Å². The molecule has 0 aromatic carbocycles. The Morgan fingerprint density at radius 3 is 2.51 bits per heavy atom. The van der Waals surface area contributed by atoms with Crippen molar-refractivity contribution >= 4 is 32.6 Å². The van der Waals surface area contributed by atoms with Gasteiger partial charge >= 0.3 is 6.18 Å². The molecule has 1 N–H and O–H groups in total. The van der Waals surface area contributed by atoms with Crippen LogP contribution in [0.2, 0.25) is 0 Å². The number of sulfone groups is 1. The fourth-order valence-electron chi connectivity index (χ4n) is 3.79. The van der Waals surface area contributed by atoms with Gasteiger partial charge in [-0.05, 0) is 25.8 Å². The van der Waals surface area contributed by atoms with Crippen molar-refractivity contribution in [2.45, 2.75) is 43.9 Å². The van der Waals surface area contributed by atoms with Gasteiger partial charge in [0.25, 0.3) is 5.91 Å². The third-order valence-electron chi connectivity index (χ3n) is 5.94. The van der Waals surface area contributed by atoms with Crippen LogP contribution in [0.3, 0.4) is 0 Å². The van der Waals surface area contributed by atoms with Gasteiger partial charge in [0.2, 0.25) is 0 Å². The first-order valence-corrected chi connectivity index (χ1v) is 12.4. The molecule has 184 valence electrons. The van der Waals surface area contributed by atoms with E-state index >= 15 is 0 Å². The number of amides is 1. The zero-order valence-corrected chi connectivity index (χ0v) is 19.7. The van der Waals surface area contributed by atoms with Crippen LogP contribution in [0.4, 0.5) is 13.2 Å². The Labute approximate surface area is 197 Å². The highest BCUT2D eigenvalue weighted by molar-refractivity contribution is 7.91. The van der Waals surface area contributed by atoms with E-state index in [1.807, 2.05) is 0 Å². The highest BCUT2D eigenvalue weighted by atomic mass is 32.2. The smallest absolute Gasteiger partial charge is 0.349 e. The van der Waals surface area contributed by atoms with Gasteiger partial charge in [-0.25, -0.2) is 27.9 Å². The van der Waals surface area contributed by atoms with Gasteiger partial charge < -0.3 is 9.88 Å². The number of carbonyl (C=O) groups is 1. The number of carbonyl (C=O) groups excluding carboxylic acids is 1. The molecule has 0 atom stereocenters. The molecule has 1 aliphatic rings. The van der Waals surface area contributed by atoms with Gasteiger partial charge in [0.05, 0.1) is 22.6 Å². The van der Waals surface area contributed by atoms with Crippen LogP contribution in [0.25, 0.3) is 28.2 Å². The second kappa shape index (κ2) is 7.73. The number of pyridine rings is 1. The summed E-state index contributed by atoms with van der Waals surface area (Å²) in [7, 11) is -2.39. The third kappa shape index (κ3) is 3.81. The molecule has 0 radical (unpaired) electrons. The summed E-state index contributed by atoms with van der Waals surface area (Å²) < 4.78 is 68.2. The van der Waals surface area contributed by atoms with Crippen LogP contribution in [-0.4, -0.2) is 55.3 Å². The predicted molar refractivity (Wildman–Crippen MR) is 118 cm³/mol. The van der Waals surface area contributed by atoms with Gasteiger partial charge in [0.1, 0.15) is 16.9 Å². The van der Waals surface area contributed by atoms with Gasteiger partial charge in [-0.1, -0.05) is 6.92 Å². The molecule has 0 aliphatic heterocycles. The van der Waals surface area contributed by atoms with E-state index < -0.39 is 21.6 Å². The highest BCUT2D eigenvalue weighted by Crippen LogP contribution is 2.35. The van der Waals surface area contributed by atoms with Crippen molar-refractivity contribution in [1.82, 2.24) is 34.4 Å². The number of aryl methyl sites for hydroxylation is 2. The number of hydrogen-bond acceptors (Lipinski definition) is 7. The molecule has 0 spiro atoms. The van der Waals surface area contributed by atoms with Crippen molar-refractivity contribution in [1.29, 1.82) is 0 Å². The van der Waals surface area contributed by atoms with Gasteiger partial charge in [-0.15, -0.1) is 0 Å². The lowest BCUT2D eigenvalue weighted by molar-refractivity contribution is -0.137. The first kappa shape index (κ1) is 23.2. The number of alkyl halides is 3. The molecule has 10 nitrogen and oxygen atoms in total. The van der Waals surface area contributed by atoms with E-state index in [0.717, 1.165) is 18.9 Å². The molecule has 35 heavy (non-hydrogen) atoms. The maximum absolute atomic E-state index is 13.2. The maximum Gasteiger partial charge on any atom is 0.417 e. The molecule has 4 aromatic rings. The average Bonchev–Trinajstić information content (AvgIpc) is 3.43. The molecule has 0 unspecified atom stereocenters. The number of nitrogens with one attached hydrogen (secondary N) is 1. The van der Waals surface area contributed by atoms with Crippen molar-refractivity contribution in [2.24, 2.45) is 7.05 Å². The van der Waals surface area contributed by atoms with Crippen LogP contribution in [-0.2, 0) is 23.1 Å². The molecular formula is C21H20F3N7O3S. The minimum atomic E-state index is -4.61. The van der Waals surface area contributed by atoms with Crippen molar-refractivity contribution in [3.63, 3.8) is 0 Å². The average molecular weight is 507 g/mol. The predicted octanol–water partition coefficient (Wildman–Crippen LogP) is 2.69. The van der Waals surface area contributed by atoms with Crippen LogP contribution < -0.4 is 5.32 Å². The molecule has 1 fully saturated rings. The van der Waals surface area contributed by atoms with Crippen LogP contribution in [0.5, 0.6) is 0 Å². The topological polar surface area (TPSA) is 124 Å². The summed E-state index contributed by atoms with van der Waals surface area (Å²) in [5.41, 5.74) is -0.178. The first-order chi connectivity index (χ1) is 16.4. The number of fused-ring (bicyclic) bond motifs is 2. The number of hydrogen-bond donors (Lipinski definition) is 1. The van der Waals surface area contributed by atoms with Crippen LogP contribution in [0.15, 0.2) is 23.5 Å². The minimum Gasteiger partial charge on any atom is -0.349 e. The summed E-state index contributed by atoms with van der Waals surface area (Å²) in [6.07, 6.45) is -0.806. The van der Waals surface area contributed by atoms with Gasteiger partial charge in [-0.3, -0.25) is 4.79 Å². The van der Waals surface area contributed by atoms with E-state index in [4.69, 9.17) is 0 Å². The molecule has 1 amide bonds. The Morgan fingerprint density at radius 2 is 1.89 bits per heavy atom. The van der Waals surface area contributed by atoms with E-state index in [0.29, 0.717) is 11.9 Å². The quantitative estimate of drug-likeness (QED) is 0.440. The SMILES string of the molecule is CCS(=O)(=O)c1nn2c(C)c(C(=O)NC3CC3)cnc2c1-c1nc2cc(C(F)(F)F)cnc2n1C. The lowest BCUT2D eigenvalue weighted by Gasteiger charge is -2.08. The fourth-order valence-corrected chi connectivity index (χ4v) is 4.77. The number of halogens is 3. The number of nitrogens with zero attached hydrogens (tertiary/aromatic N) is 6. The summed E-state index contributed by atoms with van der Waals surface area (Å²) in [5.74, 6) is -0.586. The second-order valence-corrected chi connectivity index (χ2v) is 10.6. The maximum atomic E-state index is 13.2. The Hall–Kier alpha value is -3.55. The molecule has 0 saturated heterocycles. The Bertz CT molecular complexity index is 1620. The fraction of sp³-hybridized carbons (Fsp3) is 0.381. The number of aromatic nitrogens is 6. The lowest BCUT2D eigenvalue weighted by atomic mass is 10.2. The summed E-state index contributed by atoms with van der Waals surface area (Å²) >= 11 is 0. The minimum absolute atomic E-state index is 0.0261. The van der Waals surface area contributed by atoms with Gasteiger partial charge in [0, 0.05) is 25.5 Å². The molecular weight excluding hydrogens is 487 g/mol. The Morgan fingerprint density at radius 1 is 1.20 bits per heavy atom. The largest absolute Gasteiger partial charge is 0.417 e. The van der Waals surface area contributed by atoms with Crippen molar-refractivity contribution in [3.05, 3.63) is 35.3 Å². The van der Waals surface area contributed by atoms with E-state index in [1.165, 1.54) is 29.3 Å². The van der Waals surface area contributed by atoms with Crippen molar-refractivity contribution in [3.8, 4) is 11.4 Å².